The van der Waals surface area contributed by atoms with Gasteiger partial charge in [0.25, 0.3) is 0 Å². The second-order valence-corrected chi connectivity index (χ2v) is 15.6. The molecule has 0 amide bonds. The number of hydrogen-bond donors (Lipinski definition) is 8. The molecule has 9 fully saturated rings. The zero-order chi connectivity index (χ0) is 26.2. The van der Waals surface area contributed by atoms with Crippen molar-refractivity contribution in [3.8, 4) is 0 Å². The van der Waals surface area contributed by atoms with E-state index in [4.69, 9.17) is 0 Å². The largest absolute Gasteiger partial charge is 0.286 e. The van der Waals surface area contributed by atoms with Crippen LogP contribution in [-0.2, 0) is 21.7 Å². The maximum Gasteiger partial charge on any atom is 0.0628 e. The fraction of sp³-hybridized carbons (Fsp3) is 1.00. The van der Waals surface area contributed by atoms with Gasteiger partial charge in [-0.25, -0.2) is 0 Å². The van der Waals surface area contributed by atoms with Crippen LogP contribution in [0.3, 0.4) is 0 Å². The normalized spacial score (nSPS) is 53.6. The van der Waals surface area contributed by atoms with Crippen molar-refractivity contribution in [2.45, 2.75) is 152 Å². The van der Waals surface area contributed by atoms with E-state index in [9.17, 15) is 0 Å². The summed E-state index contributed by atoms with van der Waals surface area (Å²) < 4.78 is 0. The molecule has 8 unspecified atom stereocenters. The summed E-state index contributed by atoms with van der Waals surface area (Å²) in [6, 6.07) is 0. The van der Waals surface area contributed by atoms with Crippen molar-refractivity contribution >= 4 is 24.8 Å². The van der Waals surface area contributed by atoms with Gasteiger partial charge >= 0.3 is 0 Å². The number of nitrogens with one attached hydrogen (secondary N) is 8. The van der Waals surface area contributed by atoms with E-state index in [2.05, 4.69) is 42.5 Å². The van der Waals surface area contributed by atoms with Gasteiger partial charge in [-0.05, 0) is 98.7 Å². The molecule has 0 radical (unpaired) electrons. The first-order valence-electron chi connectivity index (χ1n) is 17.9. The Kier molecular flexibility index (Phi) is 11.2. The molecular formula is C32H58Cl2N8Ti. The van der Waals surface area contributed by atoms with Crippen LogP contribution in [0.25, 0.3) is 0 Å². The van der Waals surface area contributed by atoms with Crippen molar-refractivity contribution in [1.82, 2.24) is 42.5 Å². The maximum absolute atomic E-state index is 4.26. The summed E-state index contributed by atoms with van der Waals surface area (Å²) >= 11 is 0. The van der Waals surface area contributed by atoms with Gasteiger partial charge in [-0.2, -0.15) is 0 Å². The van der Waals surface area contributed by atoms with E-state index in [-0.39, 0.29) is 46.5 Å². The Morgan fingerprint density at radius 2 is 0.349 bits per heavy atom. The quantitative estimate of drug-likeness (QED) is 0.186. The van der Waals surface area contributed by atoms with E-state index < -0.39 is 0 Å². The van der Waals surface area contributed by atoms with Gasteiger partial charge in [0.05, 0.1) is 49.3 Å². The fourth-order valence-corrected chi connectivity index (χ4v) is 12.0. The summed E-state index contributed by atoms with van der Waals surface area (Å²) in [5, 5.41) is 33.8. The summed E-state index contributed by atoms with van der Waals surface area (Å²) in [5.41, 5.74) is 0. The molecule has 4 saturated carbocycles. The molecule has 9 aliphatic rings. The van der Waals surface area contributed by atoms with Gasteiger partial charge in [0.1, 0.15) is 0 Å². The SMILES string of the molecule is C1CCC2C3NC(NC4NC(NC5NC(NC6NC(N3)C3CCCCC63)C3CCCCC53)C3CCCCC43)C2C1.Cl.Cl.[Ti]. The monoisotopic (exact) mass is 672 g/mol. The first-order valence-corrected chi connectivity index (χ1v) is 17.9. The summed E-state index contributed by atoms with van der Waals surface area (Å²) in [7, 11) is 0. The minimum absolute atomic E-state index is 0. The third-order valence-electron chi connectivity index (χ3n) is 13.8. The molecule has 8 bridgehead atoms. The first kappa shape index (κ1) is 33.9. The summed E-state index contributed by atoms with van der Waals surface area (Å²) in [5.74, 6) is 5.97. The minimum Gasteiger partial charge on any atom is -0.286 e. The van der Waals surface area contributed by atoms with Crippen molar-refractivity contribution in [2.24, 2.45) is 47.3 Å². The molecule has 4 aliphatic carbocycles. The average Bonchev–Trinajstić information content (AvgIpc) is 3.73. The Balaban J connectivity index is 0.00000110. The van der Waals surface area contributed by atoms with E-state index in [0.29, 0.717) is 49.3 Å². The summed E-state index contributed by atoms with van der Waals surface area (Å²) in [4.78, 5) is 0. The predicted molar refractivity (Wildman–Crippen MR) is 172 cm³/mol. The van der Waals surface area contributed by atoms with Crippen molar-refractivity contribution in [3.05, 3.63) is 0 Å². The van der Waals surface area contributed by atoms with E-state index in [1.54, 1.807) is 0 Å². The Labute approximate surface area is 287 Å². The molecule has 8 atom stereocenters. The van der Waals surface area contributed by atoms with Crippen LogP contribution in [0.15, 0.2) is 0 Å². The van der Waals surface area contributed by atoms with E-state index >= 15 is 0 Å². The standard InChI is InChI=1S/C32H56N8.2ClH.Ti/c1-2-10-18-17(9-1)25-33-26(18)38-28-21-13-5-6-14-22(21)30(35-28)40-32-24-16-8-7-15-23(24)31(36-32)39-29-20-12-4-3-11-19(20)27(34-29)37-25;;;/h17-40H,1-16H2;2*1H;. The molecule has 5 heterocycles. The van der Waals surface area contributed by atoms with Crippen molar-refractivity contribution in [1.29, 1.82) is 0 Å². The first-order chi connectivity index (χ1) is 19.8. The number of fused-ring (bicyclic) bond motifs is 20. The molecule has 43 heavy (non-hydrogen) atoms. The molecule has 5 saturated heterocycles. The molecule has 9 rings (SSSR count). The summed E-state index contributed by atoms with van der Waals surface area (Å²) in [6.45, 7) is 0. The average molecular weight is 674 g/mol. The number of halogens is 2. The van der Waals surface area contributed by atoms with Gasteiger partial charge in [0.2, 0.25) is 0 Å². The van der Waals surface area contributed by atoms with E-state index in [1.165, 1.54) is 103 Å². The van der Waals surface area contributed by atoms with Gasteiger partial charge in [0, 0.05) is 21.7 Å². The van der Waals surface area contributed by atoms with Crippen LogP contribution in [0, 0.1) is 47.3 Å². The van der Waals surface area contributed by atoms with Gasteiger partial charge in [0.15, 0.2) is 0 Å². The maximum atomic E-state index is 4.26. The molecule has 244 valence electrons. The van der Waals surface area contributed by atoms with Crippen LogP contribution in [0.1, 0.15) is 103 Å². The number of rotatable bonds is 0. The third-order valence-corrected chi connectivity index (χ3v) is 13.8. The third kappa shape index (κ3) is 6.08. The van der Waals surface area contributed by atoms with Crippen molar-refractivity contribution < 1.29 is 21.7 Å². The Morgan fingerprint density at radius 3 is 0.465 bits per heavy atom. The Morgan fingerprint density at radius 1 is 0.233 bits per heavy atom. The Bertz CT molecular complexity index is 728. The van der Waals surface area contributed by atoms with Crippen LogP contribution in [0.2, 0.25) is 0 Å². The zero-order valence-corrected chi connectivity index (χ0v) is 29.1. The van der Waals surface area contributed by atoms with Gasteiger partial charge in [-0.3, -0.25) is 42.5 Å². The Hall–Kier alpha value is 0.974. The van der Waals surface area contributed by atoms with Gasteiger partial charge < -0.3 is 0 Å². The molecule has 0 aromatic carbocycles. The van der Waals surface area contributed by atoms with Crippen LogP contribution < -0.4 is 42.5 Å². The minimum atomic E-state index is 0. The van der Waals surface area contributed by atoms with Crippen molar-refractivity contribution in [2.75, 3.05) is 0 Å². The van der Waals surface area contributed by atoms with Crippen LogP contribution in [0.4, 0.5) is 0 Å². The molecule has 5 aliphatic heterocycles. The molecule has 8 N–H and O–H groups in total. The zero-order valence-electron chi connectivity index (χ0n) is 25.9. The van der Waals surface area contributed by atoms with E-state index in [0.717, 1.165) is 47.3 Å². The fourth-order valence-electron chi connectivity index (χ4n) is 12.0. The second kappa shape index (κ2) is 14.2. The molecular weight excluding hydrogens is 615 g/mol. The summed E-state index contributed by atoms with van der Waals surface area (Å²) in [6.07, 6.45) is 25.6. The molecule has 0 aromatic rings. The van der Waals surface area contributed by atoms with Crippen molar-refractivity contribution in [3.63, 3.8) is 0 Å². The molecule has 0 aromatic heterocycles. The molecule has 11 heteroatoms. The van der Waals surface area contributed by atoms with Gasteiger partial charge in [-0.15, -0.1) is 24.8 Å². The van der Waals surface area contributed by atoms with Gasteiger partial charge in [-0.1, -0.05) is 51.4 Å². The van der Waals surface area contributed by atoms with E-state index in [1.807, 2.05) is 0 Å². The van der Waals surface area contributed by atoms with Crippen LogP contribution in [0.5, 0.6) is 0 Å². The second-order valence-electron chi connectivity index (χ2n) is 15.6. The van der Waals surface area contributed by atoms with Crippen LogP contribution in [-0.4, -0.2) is 49.3 Å². The smallest absolute Gasteiger partial charge is 0.0628 e. The topological polar surface area (TPSA) is 96.2 Å². The molecule has 0 spiro atoms. The molecule has 8 nitrogen and oxygen atoms in total. The number of hydrogen-bond acceptors (Lipinski definition) is 8. The predicted octanol–water partition coefficient (Wildman–Crippen LogP) is 3.45. The van der Waals surface area contributed by atoms with Crippen LogP contribution >= 0.6 is 24.8 Å².